The number of aromatic nitrogens is 1. The quantitative estimate of drug-likeness (QED) is 0.599. The Balaban J connectivity index is 2.06. The van der Waals surface area contributed by atoms with E-state index in [1.165, 1.54) is 6.07 Å². The van der Waals surface area contributed by atoms with E-state index in [4.69, 9.17) is 11.6 Å². The van der Waals surface area contributed by atoms with Crippen LogP contribution in [-0.4, -0.2) is 4.57 Å². The first-order chi connectivity index (χ1) is 11.2. The lowest BCUT2D eigenvalue weighted by Gasteiger charge is -2.08. The smallest absolute Gasteiger partial charge is 0.147 e. The van der Waals surface area contributed by atoms with E-state index in [0.717, 1.165) is 11.3 Å². The lowest BCUT2D eigenvalue weighted by Crippen LogP contribution is -1.98. The summed E-state index contributed by atoms with van der Waals surface area (Å²) in [6.07, 6.45) is 3.50. The number of hydrogen-bond acceptors (Lipinski definition) is 1. The van der Waals surface area contributed by atoms with Gasteiger partial charge in [0, 0.05) is 16.9 Å². The van der Waals surface area contributed by atoms with Crippen molar-refractivity contribution in [1.29, 1.82) is 5.26 Å². The lowest BCUT2D eigenvalue weighted by atomic mass is 10.1. The van der Waals surface area contributed by atoms with Gasteiger partial charge in [0.15, 0.2) is 0 Å². The van der Waals surface area contributed by atoms with Crippen LogP contribution in [0.3, 0.4) is 0 Å². The maximum atomic E-state index is 14.0. The molecule has 4 heteroatoms. The van der Waals surface area contributed by atoms with Crippen LogP contribution >= 0.6 is 11.6 Å². The number of nitrogens with zero attached hydrogens (tertiary/aromatic N) is 2. The molecule has 0 aliphatic heterocycles. The number of rotatable bonds is 3. The molecule has 0 atom stereocenters. The van der Waals surface area contributed by atoms with Gasteiger partial charge in [-0.2, -0.15) is 5.26 Å². The van der Waals surface area contributed by atoms with Gasteiger partial charge >= 0.3 is 0 Å². The maximum Gasteiger partial charge on any atom is 0.147 e. The third-order valence-corrected chi connectivity index (χ3v) is 3.71. The molecule has 0 unspecified atom stereocenters. The van der Waals surface area contributed by atoms with E-state index >= 15 is 0 Å². The molecule has 23 heavy (non-hydrogen) atoms. The molecule has 2 aromatic carbocycles. The predicted molar refractivity (Wildman–Crippen MR) is 90.7 cm³/mol. The number of halogens is 2. The highest BCUT2D eigenvalue weighted by atomic mass is 35.5. The van der Waals surface area contributed by atoms with Crippen molar-refractivity contribution in [3.8, 4) is 11.8 Å². The Kier molecular flexibility index (Phi) is 4.27. The van der Waals surface area contributed by atoms with Gasteiger partial charge in [0.05, 0.1) is 17.3 Å². The molecule has 3 rings (SSSR count). The first-order valence-corrected chi connectivity index (χ1v) is 7.37. The van der Waals surface area contributed by atoms with E-state index in [1.54, 1.807) is 59.3 Å². The average Bonchev–Trinajstić information content (AvgIpc) is 3.02. The van der Waals surface area contributed by atoms with Crippen molar-refractivity contribution in [3.63, 3.8) is 0 Å². The van der Waals surface area contributed by atoms with Crippen molar-refractivity contribution in [2.45, 2.75) is 0 Å². The predicted octanol–water partition coefficient (Wildman–Crippen LogP) is 5.33. The normalized spacial score (nSPS) is 11.3. The monoisotopic (exact) mass is 322 g/mol. The molecule has 0 N–H and O–H groups in total. The summed E-state index contributed by atoms with van der Waals surface area (Å²) in [7, 11) is 0. The largest absolute Gasteiger partial charge is 0.314 e. The van der Waals surface area contributed by atoms with Crippen LogP contribution in [0.25, 0.3) is 17.3 Å². The van der Waals surface area contributed by atoms with Gasteiger partial charge in [-0.05, 0) is 48.0 Å². The molecule has 2 nitrogen and oxygen atoms in total. The molecule has 1 heterocycles. The molecule has 0 saturated heterocycles. The summed E-state index contributed by atoms with van der Waals surface area (Å²) in [5, 5.41) is 10.0. The number of allylic oxidation sites excluding steroid dienone is 1. The highest BCUT2D eigenvalue weighted by Gasteiger charge is 2.08. The topological polar surface area (TPSA) is 28.7 Å². The molecule has 0 spiro atoms. The van der Waals surface area contributed by atoms with Crippen LogP contribution in [0.4, 0.5) is 4.39 Å². The molecule has 0 saturated carbocycles. The van der Waals surface area contributed by atoms with Crippen molar-refractivity contribution in [3.05, 3.63) is 89.0 Å². The van der Waals surface area contributed by atoms with Gasteiger partial charge in [0.2, 0.25) is 0 Å². The molecular formula is C19H12ClFN2. The van der Waals surface area contributed by atoms with Gasteiger partial charge in [-0.1, -0.05) is 35.9 Å². The van der Waals surface area contributed by atoms with E-state index in [1.807, 2.05) is 12.1 Å². The van der Waals surface area contributed by atoms with Crippen molar-refractivity contribution < 1.29 is 4.39 Å². The first-order valence-electron chi connectivity index (χ1n) is 6.99. The van der Waals surface area contributed by atoms with Gasteiger partial charge in [0.25, 0.3) is 0 Å². The Morgan fingerprint density at radius 2 is 1.78 bits per heavy atom. The standard InChI is InChI=1S/C19H12ClFN2/c20-16-9-7-14(8-10-16)15(13-22)12-17-4-3-11-23(17)19-6-2-1-5-18(19)21/h1-12H/b15-12-. The maximum absolute atomic E-state index is 14.0. The summed E-state index contributed by atoms with van der Waals surface area (Å²) in [5.41, 5.74) is 2.41. The highest BCUT2D eigenvalue weighted by molar-refractivity contribution is 6.30. The van der Waals surface area contributed by atoms with Crippen LogP contribution in [0.5, 0.6) is 0 Å². The fraction of sp³-hybridized carbons (Fsp3) is 0. The van der Waals surface area contributed by atoms with E-state index < -0.39 is 0 Å². The number of benzene rings is 2. The number of nitriles is 1. The van der Waals surface area contributed by atoms with Crippen LogP contribution < -0.4 is 0 Å². The molecule has 0 amide bonds. The summed E-state index contributed by atoms with van der Waals surface area (Å²) in [6, 6.07) is 19.4. The minimum atomic E-state index is -0.316. The SMILES string of the molecule is N#C/C(=C/c1cccn1-c1ccccc1F)c1ccc(Cl)cc1. The fourth-order valence-electron chi connectivity index (χ4n) is 2.34. The second kappa shape index (κ2) is 6.51. The molecule has 0 aliphatic rings. The summed E-state index contributed by atoms with van der Waals surface area (Å²) >= 11 is 5.88. The Labute approximate surface area is 138 Å². The van der Waals surface area contributed by atoms with Crippen LogP contribution in [0.1, 0.15) is 11.3 Å². The summed E-state index contributed by atoms with van der Waals surface area (Å²) in [6.45, 7) is 0. The summed E-state index contributed by atoms with van der Waals surface area (Å²) in [5.74, 6) is -0.316. The zero-order valence-corrected chi connectivity index (χ0v) is 12.8. The molecule has 0 radical (unpaired) electrons. The molecule has 0 aliphatic carbocycles. The van der Waals surface area contributed by atoms with E-state index in [9.17, 15) is 9.65 Å². The van der Waals surface area contributed by atoms with Gasteiger partial charge in [-0.25, -0.2) is 4.39 Å². The second-order valence-electron chi connectivity index (χ2n) is 4.93. The van der Waals surface area contributed by atoms with Crippen LogP contribution in [0, 0.1) is 17.1 Å². The summed E-state index contributed by atoms with van der Waals surface area (Å²) < 4.78 is 15.7. The Bertz CT molecular complexity index is 902. The van der Waals surface area contributed by atoms with Crippen molar-refractivity contribution in [1.82, 2.24) is 4.57 Å². The third kappa shape index (κ3) is 3.18. The van der Waals surface area contributed by atoms with E-state index in [0.29, 0.717) is 16.3 Å². The van der Waals surface area contributed by atoms with Crippen molar-refractivity contribution >= 4 is 23.3 Å². The van der Waals surface area contributed by atoms with Crippen LogP contribution in [0.2, 0.25) is 5.02 Å². The van der Waals surface area contributed by atoms with Crippen LogP contribution in [-0.2, 0) is 0 Å². The minimum Gasteiger partial charge on any atom is -0.314 e. The molecule has 0 bridgehead atoms. The first kappa shape index (κ1) is 15.1. The Morgan fingerprint density at radius 3 is 2.48 bits per heavy atom. The van der Waals surface area contributed by atoms with Crippen molar-refractivity contribution in [2.75, 3.05) is 0 Å². The Morgan fingerprint density at radius 1 is 1.04 bits per heavy atom. The molecule has 112 valence electrons. The van der Waals surface area contributed by atoms with Gasteiger partial charge in [-0.15, -0.1) is 0 Å². The highest BCUT2D eigenvalue weighted by Crippen LogP contribution is 2.23. The van der Waals surface area contributed by atoms with E-state index in [-0.39, 0.29) is 5.82 Å². The number of para-hydroxylation sites is 1. The van der Waals surface area contributed by atoms with Gasteiger partial charge in [-0.3, -0.25) is 0 Å². The molecule has 0 fully saturated rings. The third-order valence-electron chi connectivity index (χ3n) is 3.46. The molecular weight excluding hydrogens is 311 g/mol. The summed E-state index contributed by atoms with van der Waals surface area (Å²) in [4.78, 5) is 0. The minimum absolute atomic E-state index is 0.316. The van der Waals surface area contributed by atoms with E-state index in [2.05, 4.69) is 6.07 Å². The second-order valence-corrected chi connectivity index (χ2v) is 5.37. The van der Waals surface area contributed by atoms with Crippen LogP contribution in [0.15, 0.2) is 66.9 Å². The van der Waals surface area contributed by atoms with Crippen molar-refractivity contribution in [2.24, 2.45) is 0 Å². The van der Waals surface area contributed by atoms with Gasteiger partial charge in [0.1, 0.15) is 5.82 Å². The molecule has 1 aromatic heterocycles. The lowest BCUT2D eigenvalue weighted by molar-refractivity contribution is 0.618. The fourth-order valence-corrected chi connectivity index (χ4v) is 2.46. The zero-order valence-electron chi connectivity index (χ0n) is 12.1. The Hall–Kier alpha value is -2.83. The molecule has 3 aromatic rings. The zero-order chi connectivity index (χ0) is 16.2. The van der Waals surface area contributed by atoms with Gasteiger partial charge < -0.3 is 4.57 Å². The average molecular weight is 323 g/mol. The number of hydrogen-bond donors (Lipinski definition) is 0.